The van der Waals surface area contributed by atoms with E-state index in [4.69, 9.17) is 24.1 Å². The van der Waals surface area contributed by atoms with Gasteiger partial charge in [0.05, 0.1) is 18.6 Å². The molecule has 318 valence electrons. The van der Waals surface area contributed by atoms with Crippen molar-refractivity contribution in [2.24, 2.45) is 11.3 Å². The number of unbranched alkanes of at least 4 members (excludes halogenated alkanes) is 11. The van der Waals surface area contributed by atoms with E-state index in [1.54, 1.807) is 0 Å². The molecule has 0 radical (unpaired) electrons. The molecule has 14 nitrogen and oxygen atoms in total. The Hall–Kier alpha value is -1.72. The average molecular weight is 779 g/mol. The number of ether oxygens (including phenoxy) is 4. The third-order valence-corrected chi connectivity index (χ3v) is 10.5. The molecule has 0 aromatic heterocycles. The van der Waals surface area contributed by atoms with Gasteiger partial charge in [-0.2, -0.15) is 0 Å². The number of aliphatic hydroxyl groups excluding tert-OH is 7. The van der Waals surface area contributed by atoms with Crippen molar-refractivity contribution in [2.75, 3.05) is 19.8 Å². The molecule has 2 heterocycles. The molecule has 0 amide bonds. The molecular formula is C40H74O14. The number of rotatable bonds is 26. The van der Waals surface area contributed by atoms with Crippen molar-refractivity contribution in [3.05, 3.63) is 12.2 Å². The van der Waals surface area contributed by atoms with Gasteiger partial charge < -0.3 is 59.8 Å². The van der Waals surface area contributed by atoms with Crippen LogP contribution in [0.25, 0.3) is 0 Å². The van der Waals surface area contributed by atoms with Gasteiger partial charge in [-0.15, -0.1) is 0 Å². The summed E-state index contributed by atoms with van der Waals surface area (Å²) in [5.41, 5.74) is -0.510. The lowest BCUT2D eigenvalue weighted by Crippen LogP contribution is -2.63. The van der Waals surface area contributed by atoms with Gasteiger partial charge in [-0.05, 0) is 64.2 Å². The smallest absolute Gasteiger partial charge is 0.309 e. The average Bonchev–Trinajstić information content (AvgIpc) is 3.41. The minimum Gasteiger partial charge on any atom is -0.481 e. The molecule has 2 aliphatic rings. The van der Waals surface area contributed by atoms with Crippen molar-refractivity contribution in [1.29, 1.82) is 0 Å². The van der Waals surface area contributed by atoms with Crippen LogP contribution in [0.15, 0.2) is 12.2 Å². The number of carbonyl (C=O) groups excluding carboxylic acids is 1. The van der Waals surface area contributed by atoms with Gasteiger partial charge in [0.25, 0.3) is 0 Å². The summed E-state index contributed by atoms with van der Waals surface area (Å²) in [5, 5.41) is 79.3. The van der Waals surface area contributed by atoms with Crippen LogP contribution in [0.3, 0.4) is 0 Å². The third-order valence-electron chi connectivity index (χ3n) is 10.5. The SMILES string of the molecule is CCC(C)(CCC(C)C)C(=O)O.CCCCCCCC/C=C\CCCCCCCC(=O)O[C@H]1[C@H](O)[C@@H](CO)O[C@@]1(CO)O[C@H]1O[C@H](CO)[C@@H](O)[C@H](O)[C@H]1O. The second-order valence-corrected chi connectivity index (χ2v) is 15.5. The summed E-state index contributed by atoms with van der Waals surface area (Å²) in [7, 11) is 0. The van der Waals surface area contributed by atoms with Gasteiger partial charge in [-0.25, -0.2) is 0 Å². The molecule has 14 heteroatoms. The van der Waals surface area contributed by atoms with Gasteiger partial charge in [0.2, 0.25) is 5.79 Å². The highest BCUT2D eigenvalue weighted by Gasteiger charge is 2.60. The second kappa shape index (κ2) is 27.0. The topological polar surface area (TPSA) is 233 Å². The predicted molar refractivity (Wildman–Crippen MR) is 202 cm³/mol. The minimum absolute atomic E-state index is 0.0483. The maximum absolute atomic E-state index is 12.6. The second-order valence-electron chi connectivity index (χ2n) is 15.5. The Balaban J connectivity index is 0.00000104. The van der Waals surface area contributed by atoms with Crippen LogP contribution in [0, 0.1) is 11.3 Å². The molecule has 10 atom stereocenters. The van der Waals surface area contributed by atoms with Crippen LogP contribution in [0.2, 0.25) is 0 Å². The largest absolute Gasteiger partial charge is 0.481 e. The number of carboxylic acid groups (broad SMARTS) is 1. The quantitative estimate of drug-likeness (QED) is 0.0351. The van der Waals surface area contributed by atoms with E-state index in [0.717, 1.165) is 57.8 Å². The van der Waals surface area contributed by atoms with Crippen molar-refractivity contribution in [3.63, 3.8) is 0 Å². The molecule has 8 N–H and O–H groups in total. The zero-order valence-electron chi connectivity index (χ0n) is 33.5. The molecular weight excluding hydrogens is 704 g/mol. The molecule has 0 saturated carbocycles. The Bertz CT molecular complexity index is 1040. The zero-order chi connectivity index (χ0) is 40.7. The van der Waals surface area contributed by atoms with Gasteiger partial charge in [0.1, 0.15) is 43.2 Å². The molecule has 2 rings (SSSR count). The summed E-state index contributed by atoms with van der Waals surface area (Å²) in [6, 6.07) is 0. The van der Waals surface area contributed by atoms with Crippen LogP contribution in [0.5, 0.6) is 0 Å². The standard InChI is InChI=1S/C30H54O12.C10H20O2/c1-2-3-4-5-6-7-8-9-10-11-12-13-14-15-16-17-23(34)40-28-25(36)22(19-32)41-30(28,20-33)42-29-27(38)26(37)24(35)21(18-31)39-29;1-5-10(4,9(11)12)7-6-8(2)3/h9-10,21-22,24-29,31-33,35-38H,2-8,11-20H2,1H3;8H,5-7H2,1-4H3,(H,11,12)/b10-9-;/t21-,22-,24-,25-,26+,27-,28+,29-,30+;/m1./s1. The number of carboxylic acids is 1. The number of aliphatic hydroxyl groups is 7. The fourth-order valence-electron chi connectivity index (χ4n) is 6.36. The fraction of sp³-hybridized carbons (Fsp3) is 0.900. The summed E-state index contributed by atoms with van der Waals surface area (Å²) in [6.07, 6.45) is 8.78. The van der Waals surface area contributed by atoms with Gasteiger partial charge >= 0.3 is 11.9 Å². The van der Waals surface area contributed by atoms with E-state index in [-0.39, 0.29) is 6.42 Å². The highest BCUT2D eigenvalue weighted by atomic mass is 16.8. The van der Waals surface area contributed by atoms with E-state index in [2.05, 4.69) is 32.9 Å². The molecule has 0 aromatic carbocycles. The molecule has 0 aliphatic carbocycles. The third kappa shape index (κ3) is 16.8. The zero-order valence-corrected chi connectivity index (χ0v) is 33.5. The van der Waals surface area contributed by atoms with Gasteiger partial charge in [-0.1, -0.05) is 91.2 Å². The minimum atomic E-state index is -2.25. The normalized spacial score (nSPS) is 29.6. The first-order valence-corrected chi connectivity index (χ1v) is 20.3. The highest BCUT2D eigenvalue weighted by molar-refractivity contribution is 5.73. The van der Waals surface area contributed by atoms with Crippen molar-refractivity contribution in [2.45, 2.75) is 199 Å². The summed E-state index contributed by atoms with van der Waals surface area (Å²) >= 11 is 0. The van der Waals surface area contributed by atoms with Crippen LogP contribution >= 0.6 is 0 Å². The van der Waals surface area contributed by atoms with Gasteiger partial charge in [-0.3, -0.25) is 9.59 Å². The van der Waals surface area contributed by atoms with E-state index in [9.17, 15) is 45.3 Å². The summed E-state index contributed by atoms with van der Waals surface area (Å²) in [4.78, 5) is 23.5. The van der Waals surface area contributed by atoms with E-state index in [1.165, 1.54) is 38.5 Å². The number of carbonyl (C=O) groups is 2. The summed E-state index contributed by atoms with van der Waals surface area (Å²) in [6.45, 7) is 7.86. The van der Waals surface area contributed by atoms with Crippen molar-refractivity contribution in [1.82, 2.24) is 0 Å². The van der Waals surface area contributed by atoms with Crippen LogP contribution in [-0.4, -0.2) is 127 Å². The monoisotopic (exact) mass is 779 g/mol. The molecule has 0 aromatic rings. The van der Waals surface area contributed by atoms with Gasteiger partial charge in [0.15, 0.2) is 12.4 Å². The molecule has 2 saturated heterocycles. The molecule has 54 heavy (non-hydrogen) atoms. The Kier molecular flexibility index (Phi) is 25.2. The summed E-state index contributed by atoms with van der Waals surface area (Å²) in [5.74, 6) is -2.99. The highest BCUT2D eigenvalue weighted by Crippen LogP contribution is 2.38. The molecule has 2 aliphatic heterocycles. The molecule has 0 bridgehead atoms. The predicted octanol–water partition coefficient (Wildman–Crippen LogP) is 4.12. The van der Waals surface area contributed by atoms with Crippen molar-refractivity contribution < 1.29 is 69.4 Å². The van der Waals surface area contributed by atoms with Crippen LogP contribution in [0.4, 0.5) is 0 Å². The maximum Gasteiger partial charge on any atom is 0.309 e. The number of hydrogen-bond acceptors (Lipinski definition) is 13. The van der Waals surface area contributed by atoms with E-state index in [1.807, 2.05) is 13.8 Å². The van der Waals surface area contributed by atoms with E-state index >= 15 is 0 Å². The maximum atomic E-state index is 12.6. The number of esters is 1. The lowest BCUT2D eigenvalue weighted by Gasteiger charge is -2.43. The lowest BCUT2D eigenvalue weighted by atomic mass is 9.81. The van der Waals surface area contributed by atoms with Gasteiger partial charge in [0, 0.05) is 6.42 Å². The first-order chi connectivity index (χ1) is 25.7. The molecule has 1 unspecified atom stereocenters. The van der Waals surface area contributed by atoms with E-state index in [0.29, 0.717) is 12.3 Å². The molecule has 0 spiro atoms. The Labute approximate surface area is 322 Å². The number of hydrogen-bond donors (Lipinski definition) is 8. The van der Waals surface area contributed by atoms with Crippen LogP contribution in [-0.2, 0) is 28.5 Å². The van der Waals surface area contributed by atoms with Crippen LogP contribution < -0.4 is 0 Å². The first kappa shape index (κ1) is 50.3. The lowest BCUT2D eigenvalue weighted by molar-refractivity contribution is -0.383. The van der Waals surface area contributed by atoms with Crippen molar-refractivity contribution >= 4 is 11.9 Å². The number of aliphatic carboxylic acids is 1. The fourth-order valence-corrected chi connectivity index (χ4v) is 6.36. The summed E-state index contributed by atoms with van der Waals surface area (Å²) < 4.78 is 21.9. The Morgan fingerprint density at radius 2 is 1.33 bits per heavy atom. The van der Waals surface area contributed by atoms with Crippen LogP contribution in [0.1, 0.15) is 144 Å². The Morgan fingerprint density at radius 1 is 0.778 bits per heavy atom. The van der Waals surface area contributed by atoms with Crippen molar-refractivity contribution in [3.8, 4) is 0 Å². The number of allylic oxidation sites excluding steroid dienone is 2. The van der Waals surface area contributed by atoms with E-state index < -0.39 is 92.0 Å². The first-order valence-electron chi connectivity index (χ1n) is 20.3. The molecule has 2 fully saturated rings. The Morgan fingerprint density at radius 3 is 1.83 bits per heavy atom.